The van der Waals surface area contributed by atoms with E-state index in [4.69, 9.17) is 5.11 Å². The quantitative estimate of drug-likeness (QED) is 0.130. The van der Waals surface area contributed by atoms with E-state index in [-0.39, 0.29) is 12.5 Å². The van der Waals surface area contributed by atoms with Crippen LogP contribution in [0.1, 0.15) is 136 Å². The minimum atomic E-state index is -0.563. The van der Waals surface area contributed by atoms with Crippen molar-refractivity contribution in [3.05, 3.63) is 0 Å². The van der Waals surface area contributed by atoms with Crippen molar-refractivity contribution in [2.75, 3.05) is 19.7 Å². The van der Waals surface area contributed by atoms with Gasteiger partial charge in [-0.05, 0) is 38.1 Å². The van der Waals surface area contributed by atoms with Crippen LogP contribution in [0.25, 0.3) is 0 Å². The molecule has 0 bridgehead atoms. The second kappa shape index (κ2) is 24.0. The van der Waals surface area contributed by atoms with Crippen molar-refractivity contribution in [2.45, 2.75) is 136 Å². The lowest BCUT2D eigenvalue weighted by Crippen LogP contribution is -2.24. The van der Waals surface area contributed by atoms with Crippen molar-refractivity contribution in [3.8, 4) is 0 Å². The number of aliphatic carboxylic acids is 1. The Kier molecular flexibility index (Phi) is 23.6. The van der Waals surface area contributed by atoms with Crippen LogP contribution in [0.2, 0.25) is 0 Å². The van der Waals surface area contributed by atoms with Crippen LogP contribution in [-0.4, -0.2) is 35.9 Å². The average Bonchev–Trinajstić information content (AvgIpc) is 2.76. The van der Waals surface area contributed by atoms with Gasteiger partial charge in [0.15, 0.2) is 0 Å². The minimum Gasteiger partial charge on any atom is -0.481 e. The first-order valence-electron chi connectivity index (χ1n) is 13.7. The topological polar surface area (TPSA) is 69.6 Å². The number of aliphatic hydroxyl groups excluding tert-OH is 1. The minimum absolute atomic E-state index is 0.154. The Morgan fingerprint density at radius 2 is 1.10 bits per heavy atom. The Morgan fingerprint density at radius 3 is 1.58 bits per heavy atom. The maximum Gasteiger partial charge on any atom is 0.306 e. The summed E-state index contributed by atoms with van der Waals surface area (Å²) in [7, 11) is 0. The van der Waals surface area contributed by atoms with Crippen LogP contribution in [0.5, 0.6) is 0 Å². The van der Waals surface area contributed by atoms with E-state index >= 15 is 0 Å². The average molecular weight is 442 g/mol. The zero-order valence-electron chi connectivity index (χ0n) is 21.0. The van der Waals surface area contributed by atoms with E-state index in [2.05, 4.69) is 19.2 Å². The third kappa shape index (κ3) is 19.8. The van der Waals surface area contributed by atoms with Gasteiger partial charge in [0.05, 0.1) is 12.5 Å². The third-order valence-corrected chi connectivity index (χ3v) is 6.65. The van der Waals surface area contributed by atoms with Crippen LogP contribution in [0.15, 0.2) is 0 Å². The predicted molar refractivity (Wildman–Crippen MR) is 134 cm³/mol. The van der Waals surface area contributed by atoms with Crippen LogP contribution in [0.3, 0.4) is 0 Å². The summed E-state index contributed by atoms with van der Waals surface area (Å²) in [4.78, 5) is 12.1. The van der Waals surface area contributed by atoms with Crippen molar-refractivity contribution in [1.82, 2.24) is 5.32 Å². The zero-order valence-corrected chi connectivity index (χ0v) is 21.0. The van der Waals surface area contributed by atoms with Crippen molar-refractivity contribution >= 4 is 5.97 Å². The molecule has 4 nitrogen and oxygen atoms in total. The number of carboxylic acids is 1. The van der Waals surface area contributed by atoms with E-state index in [0.29, 0.717) is 12.5 Å². The summed E-state index contributed by atoms with van der Waals surface area (Å²) in [5.41, 5.74) is 0. The van der Waals surface area contributed by atoms with Crippen molar-refractivity contribution in [3.63, 3.8) is 0 Å². The summed E-state index contributed by atoms with van der Waals surface area (Å²) < 4.78 is 0. The number of carboxylic acid groups (broad SMARTS) is 1. The Bertz CT molecular complexity index is 359. The zero-order chi connectivity index (χ0) is 23.0. The SMILES string of the molecule is CCCCCCCCC(CCCCCCCC)C(CCCCCCNCCO)C(=O)O. The lowest BCUT2D eigenvalue weighted by Gasteiger charge is -2.24. The standard InChI is InChI=1S/C27H55NO3/c1-3-5-7-9-11-15-19-25(20-16-12-10-8-6-4-2)26(27(30)31)21-17-13-14-18-22-28-23-24-29/h25-26,28-29H,3-24H2,1-2H3,(H,30,31). The van der Waals surface area contributed by atoms with Crippen LogP contribution in [0, 0.1) is 11.8 Å². The molecular formula is C27H55NO3. The number of nitrogens with one attached hydrogen (secondary N) is 1. The Morgan fingerprint density at radius 1 is 0.645 bits per heavy atom. The van der Waals surface area contributed by atoms with Crippen LogP contribution < -0.4 is 5.32 Å². The van der Waals surface area contributed by atoms with Gasteiger partial charge in [-0.15, -0.1) is 0 Å². The van der Waals surface area contributed by atoms with E-state index in [1.165, 1.54) is 77.0 Å². The highest BCUT2D eigenvalue weighted by atomic mass is 16.4. The molecule has 1 atom stereocenters. The largest absolute Gasteiger partial charge is 0.481 e. The number of hydrogen-bond donors (Lipinski definition) is 3. The number of carbonyl (C=O) groups is 1. The van der Waals surface area contributed by atoms with Gasteiger partial charge in [-0.25, -0.2) is 0 Å². The fourth-order valence-electron chi connectivity index (χ4n) is 4.65. The van der Waals surface area contributed by atoms with Gasteiger partial charge in [0.25, 0.3) is 0 Å². The summed E-state index contributed by atoms with van der Waals surface area (Å²) in [5, 5.41) is 21.9. The lowest BCUT2D eigenvalue weighted by molar-refractivity contribution is -0.144. The predicted octanol–water partition coefficient (Wildman–Crippen LogP) is 7.34. The van der Waals surface area contributed by atoms with Crippen molar-refractivity contribution in [2.24, 2.45) is 11.8 Å². The van der Waals surface area contributed by atoms with Gasteiger partial charge in [0.2, 0.25) is 0 Å². The highest BCUT2D eigenvalue weighted by Crippen LogP contribution is 2.30. The molecule has 0 aliphatic carbocycles. The first-order valence-corrected chi connectivity index (χ1v) is 13.7. The van der Waals surface area contributed by atoms with Crippen molar-refractivity contribution < 1.29 is 15.0 Å². The van der Waals surface area contributed by atoms with Crippen molar-refractivity contribution in [1.29, 1.82) is 0 Å². The Balaban J connectivity index is 4.36. The molecule has 186 valence electrons. The molecule has 0 radical (unpaired) electrons. The number of unbranched alkanes of at least 4 members (excludes halogenated alkanes) is 13. The summed E-state index contributed by atoms with van der Waals surface area (Å²) in [5.74, 6) is -0.355. The molecule has 0 amide bonds. The molecule has 0 aromatic rings. The number of rotatable bonds is 25. The lowest BCUT2D eigenvalue weighted by atomic mass is 9.80. The molecule has 0 rings (SSSR count). The molecule has 0 spiro atoms. The maximum atomic E-state index is 12.1. The second-order valence-corrected chi connectivity index (χ2v) is 9.49. The fourth-order valence-corrected chi connectivity index (χ4v) is 4.65. The van der Waals surface area contributed by atoms with Gasteiger partial charge in [-0.2, -0.15) is 0 Å². The monoisotopic (exact) mass is 441 g/mol. The second-order valence-electron chi connectivity index (χ2n) is 9.49. The van der Waals surface area contributed by atoms with Gasteiger partial charge in [-0.3, -0.25) is 4.79 Å². The highest BCUT2D eigenvalue weighted by molar-refractivity contribution is 5.70. The van der Waals surface area contributed by atoms with Gasteiger partial charge in [0, 0.05) is 6.54 Å². The van der Waals surface area contributed by atoms with Gasteiger partial charge >= 0.3 is 5.97 Å². The van der Waals surface area contributed by atoms with E-state index < -0.39 is 5.97 Å². The first-order chi connectivity index (χ1) is 15.2. The van der Waals surface area contributed by atoms with Crippen LogP contribution in [-0.2, 0) is 4.79 Å². The molecule has 0 saturated heterocycles. The van der Waals surface area contributed by atoms with E-state index in [1.54, 1.807) is 0 Å². The number of hydrogen-bond acceptors (Lipinski definition) is 3. The first kappa shape index (κ1) is 30.4. The Labute approximate surface area is 194 Å². The molecule has 0 saturated carbocycles. The molecule has 0 aliphatic rings. The smallest absolute Gasteiger partial charge is 0.306 e. The normalized spacial score (nSPS) is 12.5. The van der Waals surface area contributed by atoms with Gasteiger partial charge in [-0.1, -0.05) is 110 Å². The summed E-state index contributed by atoms with van der Waals surface area (Å²) in [6.45, 7) is 6.30. The van der Waals surface area contributed by atoms with E-state index in [9.17, 15) is 9.90 Å². The summed E-state index contributed by atoms with van der Waals surface area (Å²) in [6, 6.07) is 0. The fraction of sp³-hybridized carbons (Fsp3) is 0.963. The summed E-state index contributed by atoms with van der Waals surface area (Å²) >= 11 is 0. The van der Waals surface area contributed by atoms with Crippen LogP contribution >= 0.6 is 0 Å². The maximum absolute atomic E-state index is 12.1. The molecular weight excluding hydrogens is 386 g/mol. The number of aliphatic hydroxyl groups is 1. The summed E-state index contributed by atoms with van der Waals surface area (Å²) in [6.07, 6.45) is 22.8. The van der Waals surface area contributed by atoms with Gasteiger partial charge in [0.1, 0.15) is 0 Å². The molecule has 0 aromatic heterocycles. The molecule has 1 unspecified atom stereocenters. The van der Waals surface area contributed by atoms with Gasteiger partial charge < -0.3 is 15.5 Å². The molecule has 0 fully saturated rings. The van der Waals surface area contributed by atoms with Crippen LogP contribution in [0.4, 0.5) is 0 Å². The molecule has 31 heavy (non-hydrogen) atoms. The molecule has 0 heterocycles. The third-order valence-electron chi connectivity index (χ3n) is 6.65. The Hall–Kier alpha value is -0.610. The molecule has 3 N–H and O–H groups in total. The molecule has 0 aliphatic heterocycles. The molecule has 0 aromatic carbocycles. The molecule has 4 heteroatoms. The highest BCUT2D eigenvalue weighted by Gasteiger charge is 2.26. The van der Waals surface area contributed by atoms with E-state index in [1.807, 2.05) is 0 Å². The van der Waals surface area contributed by atoms with E-state index in [0.717, 1.165) is 51.5 Å².